The summed E-state index contributed by atoms with van der Waals surface area (Å²) in [6.45, 7) is 6.38. The first-order valence-corrected chi connectivity index (χ1v) is 9.74. The Hall–Kier alpha value is -1.89. The number of aromatic nitrogens is 3. The zero-order chi connectivity index (χ0) is 18.3. The number of thiazole rings is 1. The Balaban J connectivity index is 0.00000210. The Kier molecular flexibility index (Phi) is 5.89. The molecule has 0 radical (unpaired) electrons. The highest BCUT2D eigenvalue weighted by atomic mass is 79.9. The van der Waals surface area contributed by atoms with Crippen molar-refractivity contribution >= 4 is 56.4 Å². The Bertz CT molecular complexity index is 1070. The van der Waals surface area contributed by atoms with Crippen molar-refractivity contribution in [1.29, 1.82) is 0 Å². The molecule has 0 amide bonds. The van der Waals surface area contributed by atoms with Crippen LogP contribution in [0.1, 0.15) is 31.0 Å². The van der Waals surface area contributed by atoms with Crippen LogP contribution in [0.25, 0.3) is 17.0 Å². The highest BCUT2D eigenvalue weighted by Crippen LogP contribution is 2.30. The molecule has 1 aromatic carbocycles. The van der Waals surface area contributed by atoms with Crippen LogP contribution < -0.4 is 5.32 Å². The highest BCUT2D eigenvalue weighted by Gasteiger charge is 2.14. The number of pyridine rings is 1. The minimum atomic E-state index is 0. The molecule has 0 aliphatic carbocycles. The third-order valence-electron chi connectivity index (χ3n) is 4.33. The Morgan fingerprint density at radius 3 is 2.52 bits per heavy atom. The zero-order valence-electron chi connectivity index (χ0n) is 15.2. The van der Waals surface area contributed by atoms with Crippen LogP contribution in [0.4, 0.5) is 10.8 Å². The van der Waals surface area contributed by atoms with E-state index < -0.39 is 0 Å². The maximum atomic E-state index is 6.16. The molecule has 0 saturated heterocycles. The summed E-state index contributed by atoms with van der Waals surface area (Å²) in [5.41, 5.74) is 6.03. The average Bonchev–Trinajstić information content (AvgIpc) is 3.18. The molecule has 0 atom stereocenters. The number of fused-ring (bicyclic) bond motifs is 1. The lowest BCUT2D eigenvalue weighted by molar-refractivity contribution is 0.867. The maximum Gasteiger partial charge on any atom is 0.187 e. The van der Waals surface area contributed by atoms with E-state index in [4.69, 9.17) is 16.6 Å². The van der Waals surface area contributed by atoms with Gasteiger partial charge in [-0.05, 0) is 42.7 Å². The van der Waals surface area contributed by atoms with Gasteiger partial charge in [-0.1, -0.05) is 37.6 Å². The number of anilines is 2. The van der Waals surface area contributed by atoms with Crippen molar-refractivity contribution in [1.82, 2.24) is 14.4 Å². The first-order chi connectivity index (χ1) is 12.5. The summed E-state index contributed by atoms with van der Waals surface area (Å²) in [7, 11) is 0. The first kappa shape index (κ1) is 19.9. The molecule has 0 aliphatic rings. The monoisotopic (exact) mass is 462 g/mol. The van der Waals surface area contributed by atoms with Gasteiger partial charge in [0.25, 0.3) is 0 Å². The second kappa shape index (κ2) is 8.00. The summed E-state index contributed by atoms with van der Waals surface area (Å²) in [6.07, 6.45) is 1.88. The molecule has 140 valence electrons. The van der Waals surface area contributed by atoms with Crippen LogP contribution in [-0.4, -0.2) is 14.4 Å². The Labute approximate surface area is 178 Å². The number of hydrogen-bond acceptors (Lipinski definition) is 4. The van der Waals surface area contributed by atoms with Crippen LogP contribution in [0.15, 0.2) is 48.0 Å². The van der Waals surface area contributed by atoms with E-state index in [0.717, 1.165) is 33.5 Å². The molecule has 4 nitrogen and oxygen atoms in total. The minimum absolute atomic E-state index is 0. The van der Waals surface area contributed by atoms with Gasteiger partial charge in [-0.25, -0.2) is 9.97 Å². The molecular formula is C20H20BrClN4S. The zero-order valence-corrected chi connectivity index (χ0v) is 18.5. The molecule has 0 bridgehead atoms. The molecule has 0 aliphatic heterocycles. The van der Waals surface area contributed by atoms with E-state index in [1.807, 2.05) is 35.0 Å². The summed E-state index contributed by atoms with van der Waals surface area (Å²) >= 11 is 7.73. The molecule has 4 rings (SSSR count). The number of halogens is 2. The molecule has 7 heteroatoms. The third kappa shape index (κ3) is 4.03. The Morgan fingerprint density at radius 2 is 1.81 bits per heavy atom. The van der Waals surface area contributed by atoms with E-state index >= 15 is 0 Å². The van der Waals surface area contributed by atoms with Gasteiger partial charge in [0.2, 0.25) is 0 Å². The second-order valence-corrected chi connectivity index (χ2v) is 7.86. The number of nitrogens with zero attached hydrogens (tertiary/aromatic N) is 3. The van der Waals surface area contributed by atoms with Crippen molar-refractivity contribution in [2.45, 2.75) is 26.7 Å². The second-order valence-electron chi connectivity index (χ2n) is 6.56. The quantitative estimate of drug-likeness (QED) is 0.359. The number of benzene rings is 1. The van der Waals surface area contributed by atoms with Gasteiger partial charge in [0.1, 0.15) is 11.3 Å². The van der Waals surface area contributed by atoms with Crippen LogP contribution >= 0.6 is 39.9 Å². The Morgan fingerprint density at radius 1 is 1.07 bits per heavy atom. The SMILES string of the molecule is Br.Cc1nc2ccc(Cl)cn2c1-c1csc(Nc2ccc(C(C)C)cc2)n1. The van der Waals surface area contributed by atoms with Crippen LogP contribution in [0.5, 0.6) is 0 Å². The topological polar surface area (TPSA) is 42.2 Å². The van der Waals surface area contributed by atoms with E-state index in [-0.39, 0.29) is 17.0 Å². The molecule has 27 heavy (non-hydrogen) atoms. The fourth-order valence-electron chi connectivity index (χ4n) is 2.96. The number of rotatable bonds is 4. The van der Waals surface area contributed by atoms with E-state index in [2.05, 4.69) is 48.4 Å². The van der Waals surface area contributed by atoms with Crippen molar-refractivity contribution in [2.24, 2.45) is 0 Å². The summed E-state index contributed by atoms with van der Waals surface area (Å²) in [6, 6.07) is 12.3. The summed E-state index contributed by atoms with van der Waals surface area (Å²) in [4.78, 5) is 9.35. The summed E-state index contributed by atoms with van der Waals surface area (Å²) < 4.78 is 1.99. The van der Waals surface area contributed by atoms with Gasteiger partial charge in [-0.2, -0.15) is 0 Å². The number of aryl methyl sites for hydroxylation is 1. The molecule has 4 aromatic rings. The normalized spacial score (nSPS) is 11.0. The first-order valence-electron chi connectivity index (χ1n) is 8.48. The standard InChI is InChI=1S/C20H19ClN4S.BrH/c1-12(2)14-4-7-16(8-5-14)23-20-24-17(11-26-20)19-13(3)22-18-9-6-15(21)10-25(18)19;/h4-12H,1-3H3,(H,23,24);1H. The lowest BCUT2D eigenvalue weighted by Crippen LogP contribution is -1.93. The van der Waals surface area contributed by atoms with Gasteiger partial charge < -0.3 is 5.32 Å². The van der Waals surface area contributed by atoms with Crippen molar-refractivity contribution in [2.75, 3.05) is 5.32 Å². The van der Waals surface area contributed by atoms with E-state index in [1.165, 1.54) is 5.56 Å². The van der Waals surface area contributed by atoms with Crippen LogP contribution in [0.3, 0.4) is 0 Å². The van der Waals surface area contributed by atoms with Crippen LogP contribution in [0, 0.1) is 6.92 Å². The van der Waals surface area contributed by atoms with E-state index in [9.17, 15) is 0 Å². The molecule has 0 unspecified atom stereocenters. The number of imidazole rings is 1. The average molecular weight is 464 g/mol. The van der Waals surface area contributed by atoms with Gasteiger partial charge >= 0.3 is 0 Å². The minimum Gasteiger partial charge on any atom is -0.332 e. The highest BCUT2D eigenvalue weighted by molar-refractivity contribution is 8.93. The molecule has 0 fully saturated rings. The molecular weight excluding hydrogens is 444 g/mol. The molecule has 0 spiro atoms. The van der Waals surface area contributed by atoms with Gasteiger partial charge in [-0.3, -0.25) is 4.40 Å². The summed E-state index contributed by atoms with van der Waals surface area (Å²) in [5.74, 6) is 0.528. The van der Waals surface area contributed by atoms with Crippen molar-refractivity contribution in [3.05, 3.63) is 64.3 Å². The van der Waals surface area contributed by atoms with Crippen LogP contribution in [0.2, 0.25) is 5.02 Å². The van der Waals surface area contributed by atoms with Crippen LogP contribution in [-0.2, 0) is 0 Å². The van der Waals surface area contributed by atoms with Crippen molar-refractivity contribution < 1.29 is 0 Å². The number of nitrogens with one attached hydrogen (secondary N) is 1. The fourth-order valence-corrected chi connectivity index (χ4v) is 3.84. The lowest BCUT2D eigenvalue weighted by atomic mass is 10.0. The fraction of sp³-hybridized carbons (Fsp3) is 0.200. The van der Waals surface area contributed by atoms with Gasteiger partial charge in [0.05, 0.1) is 16.4 Å². The van der Waals surface area contributed by atoms with E-state index in [1.54, 1.807) is 11.3 Å². The van der Waals surface area contributed by atoms with Crippen molar-refractivity contribution in [3.63, 3.8) is 0 Å². The largest absolute Gasteiger partial charge is 0.332 e. The predicted octanol–water partition coefficient (Wildman–Crippen LogP) is 6.86. The van der Waals surface area contributed by atoms with Crippen molar-refractivity contribution in [3.8, 4) is 11.4 Å². The predicted molar refractivity (Wildman–Crippen MR) is 120 cm³/mol. The molecule has 0 saturated carbocycles. The number of hydrogen-bond donors (Lipinski definition) is 1. The van der Waals surface area contributed by atoms with E-state index in [0.29, 0.717) is 10.9 Å². The maximum absolute atomic E-state index is 6.16. The molecule has 3 aromatic heterocycles. The summed E-state index contributed by atoms with van der Waals surface area (Å²) in [5, 5.41) is 6.96. The third-order valence-corrected chi connectivity index (χ3v) is 5.31. The molecule has 3 heterocycles. The smallest absolute Gasteiger partial charge is 0.187 e. The van der Waals surface area contributed by atoms with Gasteiger partial charge in [0, 0.05) is 17.3 Å². The lowest BCUT2D eigenvalue weighted by Gasteiger charge is -2.07. The van der Waals surface area contributed by atoms with Gasteiger partial charge in [-0.15, -0.1) is 28.3 Å². The van der Waals surface area contributed by atoms with Gasteiger partial charge in [0.15, 0.2) is 5.13 Å². The molecule has 1 N–H and O–H groups in total.